The normalized spacial score (nSPS) is 17.0. The molecule has 1 atom stereocenters. The largest absolute Gasteiger partial charge is 0.333 e. The molecule has 28 heavy (non-hydrogen) atoms. The number of rotatable bonds is 5. The van der Waals surface area contributed by atoms with E-state index in [0.29, 0.717) is 18.8 Å². The van der Waals surface area contributed by atoms with Crippen molar-refractivity contribution in [3.63, 3.8) is 0 Å². The summed E-state index contributed by atoms with van der Waals surface area (Å²) in [6.07, 6.45) is 1.37. The van der Waals surface area contributed by atoms with E-state index >= 15 is 0 Å². The quantitative estimate of drug-likeness (QED) is 0.563. The Morgan fingerprint density at radius 2 is 2.07 bits per heavy atom. The lowest BCUT2D eigenvalue weighted by atomic mass is 9.82. The third-order valence-electron chi connectivity index (χ3n) is 5.22. The number of nitrogens with one attached hydrogen (secondary N) is 1. The number of benzene rings is 1. The third kappa shape index (κ3) is 3.83. The van der Waals surface area contributed by atoms with Crippen LogP contribution >= 0.6 is 22.9 Å². The zero-order chi connectivity index (χ0) is 20.4. The molecule has 2 aromatic rings. The van der Waals surface area contributed by atoms with E-state index in [1.54, 1.807) is 0 Å². The van der Waals surface area contributed by atoms with E-state index in [1.807, 2.05) is 49.3 Å². The summed E-state index contributed by atoms with van der Waals surface area (Å²) in [4.78, 5) is 15.3. The Morgan fingerprint density at radius 3 is 2.71 bits per heavy atom. The van der Waals surface area contributed by atoms with Crippen LogP contribution in [0, 0.1) is 5.41 Å². The van der Waals surface area contributed by atoms with Gasteiger partial charge in [-0.2, -0.15) is 0 Å². The summed E-state index contributed by atoms with van der Waals surface area (Å²) < 4.78 is 0.734. The number of allylic oxidation sites excluding steroid dienone is 2. The van der Waals surface area contributed by atoms with E-state index in [4.69, 9.17) is 17.0 Å². The van der Waals surface area contributed by atoms with E-state index in [2.05, 4.69) is 18.7 Å². The molecular formula is C22H25ClN3OS+. The Labute approximate surface area is 175 Å². The molecule has 1 aromatic carbocycles. The molecule has 1 amide bonds. The van der Waals surface area contributed by atoms with Crippen LogP contribution in [0.3, 0.4) is 0 Å². The Kier molecular flexibility index (Phi) is 6.18. The molecular weight excluding hydrogens is 390 g/mol. The maximum Gasteiger partial charge on any atom is 0.246 e. The maximum atomic E-state index is 12.4. The number of carbonyl (C=O) groups excluding carboxylic acids is 1. The van der Waals surface area contributed by atoms with E-state index in [-0.39, 0.29) is 11.8 Å². The van der Waals surface area contributed by atoms with E-state index in [9.17, 15) is 4.79 Å². The molecule has 0 saturated carbocycles. The van der Waals surface area contributed by atoms with Crippen molar-refractivity contribution in [3.05, 3.63) is 74.6 Å². The minimum atomic E-state index is -0.0743. The van der Waals surface area contributed by atoms with Gasteiger partial charge in [0.15, 0.2) is 0 Å². The fraction of sp³-hybridized carbons (Fsp3) is 0.273. The second kappa shape index (κ2) is 8.43. The fourth-order valence-corrected chi connectivity index (χ4v) is 5.19. The van der Waals surface area contributed by atoms with Gasteiger partial charge in [-0.05, 0) is 35.8 Å². The summed E-state index contributed by atoms with van der Waals surface area (Å²) in [5.41, 5.74) is 5.86. The predicted octanol–water partition coefficient (Wildman–Crippen LogP) is 4.03. The molecule has 6 heteroatoms. The summed E-state index contributed by atoms with van der Waals surface area (Å²) in [5, 5.41) is 10.4. The molecule has 1 aliphatic heterocycles. The van der Waals surface area contributed by atoms with Crippen LogP contribution in [0.4, 0.5) is 0 Å². The number of nitrogens with two attached hydrogens (primary N) is 1. The van der Waals surface area contributed by atoms with Crippen LogP contribution in [0.1, 0.15) is 41.3 Å². The van der Waals surface area contributed by atoms with Gasteiger partial charge in [-0.25, -0.2) is 0 Å². The molecule has 0 bridgehead atoms. The Bertz CT molecular complexity index is 976. The van der Waals surface area contributed by atoms with Gasteiger partial charge in [0.05, 0.1) is 23.5 Å². The molecule has 0 radical (unpaired) electrons. The molecule has 0 aliphatic carbocycles. The number of hydrogen-bond donors (Lipinski definition) is 2. The van der Waals surface area contributed by atoms with E-state index < -0.39 is 0 Å². The van der Waals surface area contributed by atoms with Crippen molar-refractivity contribution in [3.8, 4) is 0 Å². The van der Waals surface area contributed by atoms with Gasteiger partial charge in [-0.1, -0.05) is 42.4 Å². The molecule has 2 heterocycles. The van der Waals surface area contributed by atoms with Crippen LogP contribution < -0.4 is 5.32 Å². The SMILES string of the molecule is C=CC(=O)N1Cc2sc(Cl)cc2[C@H](c2ccccc2/C(C(C)=N)=C(\C)[NH2+]C)C1. The molecule has 0 fully saturated rings. The first-order valence-corrected chi connectivity index (χ1v) is 10.4. The summed E-state index contributed by atoms with van der Waals surface area (Å²) in [6, 6.07) is 10.2. The standard InChI is InChI=1S/C22H24ClN3OS/c1-5-21(27)26-11-18(17-10-20(23)28-19(17)12-26)15-8-6-7-9-16(15)22(13(2)24)14(3)25-4/h5-10,18,24-25H,1,11-12H2,2-4H3/p+1/b22-14+,24-13?/t18-/m0/s1. The van der Waals surface area contributed by atoms with E-state index in [1.165, 1.54) is 23.0 Å². The number of fused-ring (bicyclic) bond motifs is 1. The van der Waals surface area contributed by atoms with Gasteiger partial charge >= 0.3 is 0 Å². The lowest BCUT2D eigenvalue weighted by Gasteiger charge is -2.33. The Morgan fingerprint density at radius 1 is 1.36 bits per heavy atom. The van der Waals surface area contributed by atoms with Crippen LogP contribution in [0.25, 0.3) is 5.57 Å². The topological polar surface area (TPSA) is 60.8 Å². The van der Waals surface area contributed by atoms with E-state index in [0.717, 1.165) is 31.6 Å². The van der Waals surface area contributed by atoms with Crippen LogP contribution in [0.15, 0.2) is 48.7 Å². The van der Waals surface area contributed by atoms with Gasteiger partial charge in [-0.15, -0.1) is 11.3 Å². The van der Waals surface area contributed by atoms with Gasteiger partial charge in [0, 0.05) is 30.0 Å². The van der Waals surface area contributed by atoms with Crippen LogP contribution in [-0.2, 0) is 11.3 Å². The molecule has 3 N–H and O–H groups in total. The number of amides is 1. The number of carbonyl (C=O) groups is 1. The smallest absolute Gasteiger partial charge is 0.246 e. The monoisotopic (exact) mass is 414 g/mol. The lowest BCUT2D eigenvalue weighted by molar-refractivity contribution is -0.574. The van der Waals surface area contributed by atoms with Crippen molar-refractivity contribution in [1.82, 2.24) is 4.90 Å². The van der Waals surface area contributed by atoms with Gasteiger partial charge in [0.25, 0.3) is 0 Å². The van der Waals surface area contributed by atoms with Crippen molar-refractivity contribution >= 4 is 40.1 Å². The number of thiophene rings is 1. The molecule has 0 saturated heterocycles. The highest BCUT2D eigenvalue weighted by atomic mass is 35.5. The van der Waals surface area contributed by atoms with Gasteiger partial charge in [0.2, 0.25) is 5.91 Å². The van der Waals surface area contributed by atoms with Crippen molar-refractivity contribution < 1.29 is 10.1 Å². The molecule has 4 nitrogen and oxygen atoms in total. The molecule has 146 valence electrons. The van der Waals surface area contributed by atoms with Gasteiger partial charge < -0.3 is 15.6 Å². The second-order valence-corrected chi connectivity index (χ2v) is 8.73. The summed E-state index contributed by atoms with van der Waals surface area (Å²) in [5.74, 6) is -0.0682. The molecule has 0 spiro atoms. The second-order valence-electron chi connectivity index (χ2n) is 6.96. The number of hydrogen-bond acceptors (Lipinski definition) is 3. The summed E-state index contributed by atoms with van der Waals surface area (Å²) >= 11 is 7.87. The Balaban J connectivity index is 2.19. The molecule has 1 aliphatic rings. The number of quaternary nitrogens is 1. The average molecular weight is 415 g/mol. The zero-order valence-corrected chi connectivity index (χ0v) is 18.0. The van der Waals surface area contributed by atoms with Crippen LogP contribution in [-0.4, -0.2) is 30.1 Å². The minimum absolute atomic E-state index is 0.00612. The highest BCUT2D eigenvalue weighted by Crippen LogP contribution is 2.42. The predicted molar refractivity (Wildman–Crippen MR) is 117 cm³/mol. The van der Waals surface area contributed by atoms with Crippen molar-refractivity contribution in [1.29, 1.82) is 5.41 Å². The van der Waals surface area contributed by atoms with Crippen LogP contribution in [0.5, 0.6) is 0 Å². The maximum absolute atomic E-state index is 12.4. The molecule has 0 unspecified atom stereocenters. The highest BCUT2D eigenvalue weighted by Gasteiger charge is 2.32. The Hall–Kier alpha value is -2.21. The molecule has 1 aromatic heterocycles. The zero-order valence-electron chi connectivity index (χ0n) is 16.4. The highest BCUT2D eigenvalue weighted by molar-refractivity contribution is 7.16. The van der Waals surface area contributed by atoms with Crippen molar-refractivity contribution in [2.45, 2.75) is 26.3 Å². The van der Waals surface area contributed by atoms with Gasteiger partial charge in [0.1, 0.15) is 5.70 Å². The fourth-order valence-electron chi connectivity index (χ4n) is 3.83. The van der Waals surface area contributed by atoms with Crippen molar-refractivity contribution in [2.75, 3.05) is 13.6 Å². The first-order valence-electron chi connectivity index (χ1n) is 9.21. The first kappa shape index (κ1) is 20.5. The number of nitrogens with zero attached hydrogens (tertiary/aromatic N) is 1. The summed E-state index contributed by atoms with van der Waals surface area (Å²) in [6.45, 7) is 8.63. The van der Waals surface area contributed by atoms with Crippen molar-refractivity contribution in [2.24, 2.45) is 0 Å². The first-order chi connectivity index (χ1) is 13.4. The van der Waals surface area contributed by atoms with Crippen LogP contribution in [0.2, 0.25) is 4.34 Å². The third-order valence-corrected chi connectivity index (χ3v) is 6.48. The van der Waals surface area contributed by atoms with Gasteiger partial charge in [-0.3, -0.25) is 4.79 Å². The number of halogens is 1. The minimum Gasteiger partial charge on any atom is -0.333 e. The summed E-state index contributed by atoms with van der Waals surface area (Å²) in [7, 11) is 1.99. The lowest BCUT2D eigenvalue weighted by Crippen LogP contribution is -2.77. The average Bonchev–Trinajstić information content (AvgIpc) is 3.06. The molecule has 3 rings (SSSR count).